The molecule has 0 amide bonds. The SMILES string of the molecule is CCC(C)[C@H](N)c1nc(-c2ncc(C)cc2C)no1. The van der Waals surface area contributed by atoms with Crippen molar-refractivity contribution >= 4 is 0 Å². The van der Waals surface area contributed by atoms with E-state index in [0.717, 1.165) is 23.2 Å². The number of nitrogens with zero attached hydrogens (tertiary/aromatic N) is 3. The molecule has 0 saturated heterocycles. The average Bonchev–Trinajstić information content (AvgIpc) is 2.86. The van der Waals surface area contributed by atoms with Gasteiger partial charge in [-0.05, 0) is 30.9 Å². The average molecular weight is 260 g/mol. The van der Waals surface area contributed by atoms with Crippen molar-refractivity contribution < 1.29 is 4.52 Å². The lowest BCUT2D eigenvalue weighted by Gasteiger charge is -2.12. The van der Waals surface area contributed by atoms with Crippen LogP contribution in [-0.2, 0) is 0 Å². The molecule has 0 fully saturated rings. The van der Waals surface area contributed by atoms with Gasteiger partial charge in [0.2, 0.25) is 11.7 Å². The lowest BCUT2D eigenvalue weighted by Crippen LogP contribution is -2.18. The molecule has 102 valence electrons. The summed E-state index contributed by atoms with van der Waals surface area (Å²) >= 11 is 0. The molecule has 2 rings (SSSR count). The van der Waals surface area contributed by atoms with E-state index in [4.69, 9.17) is 10.3 Å². The second-order valence-corrected chi connectivity index (χ2v) is 5.05. The van der Waals surface area contributed by atoms with Gasteiger partial charge in [0, 0.05) is 6.20 Å². The van der Waals surface area contributed by atoms with Crippen LogP contribution < -0.4 is 5.73 Å². The maximum Gasteiger partial charge on any atom is 0.244 e. The van der Waals surface area contributed by atoms with E-state index in [1.807, 2.05) is 19.9 Å². The standard InChI is InChI=1S/C14H20N4O/c1-5-9(3)11(15)14-17-13(18-19-14)12-10(4)6-8(2)7-16-12/h6-7,9,11H,5,15H2,1-4H3/t9?,11-/m0/s1. The predicted molar refractivity (Wildman–Crippen MR) is 73.4 cm³/mol. The van der Waals surface area contributed by atoms with Gasteiger partial charge in [-0.3, -0.25) is 4.98 Å². The second kappa shape index (κ2) is 5.48. The smallest absolute Gasteiger partial charge is 0.244 e. The van der Waals surface area contributed by atoms with Crippen LogP contribution in [0.1, 0.15) is 43.3 Å². The number of hydrogen-bond acceptors (Lipinski definition) is 5. The third-order valence-electron chi connectivity index (χ3n) is 3.41. The van der Waals surface area contributed by atoms with Crippen LogP contribution in [0.3, 0.4) is 0 Å². The highest BCUT2D eigenvalue weighted by Crippen LogP contribution is 2.24. The topological polar surface area (TPSA) is 77.8 Å². The van der Waals surface area contributed by atoms with Crippen LogP contribution in [0, 0.1) is 19.8 Å². The first-order chi connectivity index (χ1) is 9.02. The zero-order chi connectivity index (χ0) is 14.0. The summed E-state index contributed by atoms with van der Waals surface area (Å²) in [6, 6.07) is 1.82. The summed E-state index contributed by atoms with van der Waals surface area (Å²) in [5.74, 6) is 1.29. The molecule has 2 heterocycles. The molecule has 0 aliphatic heterocycles. The van der Waals surface area contributed by atoms with Gasteiger partial charge in [0.1, 0.15) is 5.69 Å². The molecule has 0 aliphatic rings. The molecule has 5 heteroatoms. The van der Waals surface area contributed by atoms with Crippen LogP contribution in [0.25, 0.3) is 11.5 Å². The van der Waals surface area contributed by atoms with Gasteiger partial charge in [-0.15, -0.1) is 0 Å². The fraction of sp³-hybridized carbons (Fsp3) is 0.500. The fourth-order valence-corrected chi connectivity index (χ4v) is 1.91. The molecule has 19 heavy (non-hydrogen) atoms. The van der Waals surface area contributed by atoms with Crippen molar-refractivity contribution in [1.82, 2.24) is 15.1 Å². The van der Waals surface area contributed by atoms with Crippen LogP contribution in [0.4, 0.5) is 0 Å². The molecule has 0 spiro atoms. The van der Waals surface area contributed by atoms with Crippen LogP contribution in [0.15, 0.2) is 16.8 Å². The number of pyridine rings is 1. The number of aromatic nitrogens is 3. The van der Waals surface area contributed by atoms with Crippen molar-refractivity contribution in [3.8, 4) is 11.5 Å². The zero-order valence-corrected chi connectivity index (χ0v) is 11.8. The second-order valence-electron chi connectivity index (χ2n) is 5.05. The Bertz CT molecular complexity index is 564. The summed E-state index contributed by atoms with van der Waals surface area (Å²) in [5, 5.41) is 3.99. The van der Waals surface area contributed by atoms with Gasteiger partial charge in [0.15, 0.2) is 0 Å². The Hall–Kier alpha value is -1.75. The molecule has 2 N–H and O–H groups in total. The van der Waals surface area contributed by atoms with Crippen LogP contribution in [0.2, 0.25) is 0 Å². The first kappa shape index (κ1) is 13.7. The monoisotopic (exact) mass is 260 g/mol. The summed E-state index contributed by atoms with van der Waals surface area (Å²) in [6.45, 7) is 8.15. The highest BCUT2D eigenvalue weighted by Gasteiger charge is 2.21. The molecule has 1 unspecified atom stereocenters. The summed E-state index contributed by atoms with van der Waals surface area (Å²) < 4.78 is 5.26. The van der Waals surface area contributed by atoms with Crippen LogP contribution >= 0.6 is 0 Å². The fourth-order valence-electron chi connectivity index (χ4n) is 1.91. The Labute approximate surface area is 113 Å². The molecular formula is C14H20N4O. The van der Waals surface area contributed by atoms with Gasteiger partial charge in [-0.25, -0.2) is 0 Å². The van der Waals surface area contributed by atoms with E-state index in [-0.39, 0.29) is 6.04 Å². The summed E-state index contributed by atoms with van der Waals surface area (Å²) in [6.07, 6.45) is 2.77. The third-order valence-corrected chi connectivity index (χ3v) is 3.41. The van der Waals surface area contributed by atoms with Crippen molar-refractivity contribution in [2.75, 3.05) is 0 Å². The minimum Gasteiger partial charge on any atom is -0.337 e. The molecule has 0 aliphatic carbocycles. The van der Waals surface area contributed by atoms with Gasteiger partial charge in [-0.1, -0.05) is 31.5 Å². The number of nitrogens with two attached hydrogens (primary N) is 1. The van der Waals surface area contributed by atoms with E-state index in [0.29, 0.717) is 17.6 Å². The Morgan fingerprint density at radius 1 is 1.37 bits per heavy atom. The number of rotatable bonds is 4. The minimum atomic E-state index is -0.225. The summed E-state index contributed by atoms with van der Waals surface area (Å²) in [5.41, 5.74) is 8.98. The lowest BCUT2D eigenvalue weighted by molar-refractivity contribution is 0.312. The third kappa shape index (κ3) is 2.81. The highest BCUT2D eigenvalue weighted by atomic mass is 16.5. The van der Waals surface area contributed by atoms with Crippen LogP contribution in [0.5, 0.6) is 0 Å². The molecule has 2 aromatic rings. The number of hydrogen-bond donors (Lipinski definition) is 1. The van der Waals surface area contributed by atoms with Crippen molar-refractivity contribution in [3.63, 3.8) is 0 Å². The van der Waals surface area contributed by atoms with E-state index in [1.54, 1.807) is 6.20 Å². The van der Waals surface area contributed by atoms with Crippen LogP contribution in [-0.4, -0.2) is 15.1 Å². The molecule has 0 bridgehead atoms. The van der Waals surface area contributed by atoms with E-state index >= 15 is 0 Å². The predicted octanol–water partition coefficient (Wildman–Crippen LogP) is 2.79. The molecule has 0 aromatic carbocycles. The maximum absolute atomic E-state index is 6.09. The lowest BCUT2D eigenvalue weighted by atomic mass is 10.0. The van der Waals surface area contributed by atoms with E-state index < -0.39 is 0 Å². The first-order valence-electron chi connectivity index (χ1n) is 6.55. The molecule has 0 radical (unpaired) electrons. The number of aryl methyl sites for hydroxylation is 2. The largest absolute Gasteiger partial charge is 0.337 e. The van der Waals surface area contributed by atoms with E-state index in [1.165, 1.54) is 0 Å². The van der Waals surface area contributed by atoms with Crippen molar-refractivity contribution in [2.45, 2.75) is 40.2 Å². The molecular weight excluding hydrogens is 240 g/mol. The Kier molecular flexibility index (Phi) is 3.95. The Balaban J connectivity index is 2.30. The van der Waals surface area contributed by atoms with Gasteiger partial charge in [-0.2, -0.15) is 4.98 Å². The summed E-state index contributed by atoms with van der Waals surface area (Å²) in [4.78, 5) is 8.73. The first-order valence-corrected chi connectivity index (χ1v) is 6.55. The van der Waals surface area contributed by atoms with Crippen molar-refractivity contribution in [2.24, 2.45) is 11.7 Å². The highest BCUT2D eigenvalue weighted by molar-refractivity contribution is 5.54. The maximum atomic E-state index is 6.09. The molecule has 2 aromatic heterocycles. The minimum absolute atomic E-state index is 0.225. The van der Waals surface area contributed by atoms with Crippen molar-refractivity contribution in [1.29, 1.82) is 0 Å². The normalized spacial score (nSPS) is 14.4. The van der Waals surface area contributed by atoms with E-state index in [2.05, 4.69) is 29.0 Å². The molecule has 0 saturated carbocycles. The van der Waals surface area contributed by atoms with Gasteiger partial charge < -0.3 is 10.3 Å². The summed E-state index contributed by atoms with van der Waals surface area (Å²) in [7, 11) is 0. The molecule has 2 atom stereocenters. The molecule has 5 nitrogen and oxygen atoms in total. The Morgan fingerprint density at radius 3 is 2.74 bits per heavy atom. The van der Waals surface area contributed by atoms with Gasteiger partial charge >= 0.3 is 0 Å². The van der Waals surface area contributed by atoms with Gasteiger partial charge in [0.05, 0.1) is 6.04 Å². The zero-order valence-electron chi connectivity index (χ0n) is 11.8. The van der Waals surface area contributed by atoms with E-state index in [9.17, 15) is 0 Å². The van der Waals surface area contributed by atoms with Crippen molar-refractivity contribution in [3.05, 3.63) is 29.3 Å². The Morgan fingerprint density at radius 2 is 2.11 bits per heavy atom. The quantitative estimate of drug-likeness (QED) is 0.914. The van der Waals surface area contributed by atoms with Gasteiger partial charge in [0.25, 0.3) is 0 Å².